The number of hydrogen-bond acceptors (Lipinski definition) is 1. The minimum atomic E-state index is 0.741. The van der Waals surface area contributed by atoms with Crippen LogP contribution in [0.25, 0.3) is 11.0 Å². The van der Waals surface area contributed by atoms with E-state index in [-0.39, 0.29) is 0 Å². The Morgan fingerprint density at radius 2 is 2.36 bits per heavy atom. The van der Waals surface area contributed by atoms with E-state index in [1.807, 2.05) is 25.3 Å². The second-order valence-corrected chi connectivity index (χ2v) is 2.59. The molecule has 0 spiro atoms. The van der Waals surface area contributed by atoms with E-state index < -0.39 is 0 Å². The van der Waals surface area contributed by atoms with E-state index in [4.69, 9.17) is 0 Å². The molecule has 2 rings (SSSR count). The Bertz CT molecular complexity index is 392. The van der Waals surface area contributed by atoms with Crippen LogP contribution >= 0.6 is 0 Å². The van der Waals surface area contributed by atoms with Crippen LogP contribution in [-0.4, -0.2) is 10.2 Å². The van der Waals surface area contributed by atoms with Crippen molar-refractivity contribution in [3.8, 4) is 0 Å². The van der Waals surface area contributed by atoms with Crippen molar-refractivity contribution in [2.75, 3.05) is 0 Å². The number of aryl methyl sites for hydroxylation is 1. The Hall–Kier alpha value is -1.51. The Labute approximate surface area is 63.9 Å². The van der Waals surface area contributed by atoms with Crippen molar-refractivity contribution in [1.29, 1.82) is 0 Å². The molecule has 0 aromatic carbocycles. The molecule has 0 aliphatic rings. The van der Waals surface area contributed by atoms with Crippen LogP contribution in [-0.2, 0) is 0 Å². The van der Waals surface area contributed by atoms with Gasteiger partial charge in [0.15, 0.2) is 0 Å². The molecule has 56 valence electrons. The first-order valence-electron chi connectivity index (χ1n) is 3.46. The number of pyridine rings is 1. The lowest BCUT2D eigenvalue weighted by molar-refractivity contribution is -0.885. The number of aromatic nitrogens is 2. The standard InChI is InChI=1S/C8H8N2O/c1-6-5-9-8-7(6)3-2-4-10(8)11/h2-5,11H,1H3/p+1. The quantitative estimate of drug-likeness (QED) is 0.425. The maximum absolute atomic E-state index is 9.27. The van der Waals surface area contributed by atoms with Crippen molar-refractivity contribution in [3.05, 3.63) is 30.1 Å². The summed E-state index contributed by atoms with van der Waals surface area (Å²) in [6, 6.07) is 3.77. The average molecular weight is 149 g/mol. The van der Waals surface area contributed by atoms with Gasteiger partial charge in [0.05, 0.1) is 11.6 Å². The zero-order valence-electron chi connectivity index (χ0n) is 6.20. The molecule has 2 N–H and O–H groups in total. The van der Waals surface area contributed by atoms with Gasteiger partial charge in [0.1, 0.15) is 6.20 Å². The van der Waals surface area contributed by atoms with Crippen LogP contribution < -0.4 is 4.73 Å². The summed E-state index contributed by atoms with van der Waals surface area (Å²) in [6.07, 6.45) is 3.47. The molecule has 0 bridgehead atoms. The summed E-state index contributed by atoms with van der Waals surface area (Å²) in [7, 11) is 0. The van der Waals surface area contributed by atoms with Crippen LogP contribution in [0.1, 0.15) is 5.56 Å². The van der Waals surface area contributed by atoms with Gasteiger partial charge in [0.25, 0.3) is 0 Å². The molecule has 0 atom stereocenters. The third-order valence-corrected chi connectivity index (χ3v) is 1.82. The molecule has 2 aromatic heterocycles. The van der Waals surface area contributed by atoms with Gasteiger partial charge in [-0.1, -0.05) is 4.73 Å². The number of nitrogens with one attached hydrogen (secondary N) is 1. The number of rotatable bonds is 0. The topological polar surface area (TPSA) is 39.9 Å². The minimum absolute atomic E-state index is 0.741. The molecule has 0 fully saturated rings. The van der Waals surface area contributed by atoms with Gasteiger partial charge >= 0.3 is 5.65 Å². The molecule has 0 saturated heterocycles. The third kappa shape index (κ3) is 0.774. The van der Waals surface area contributed by atoms with Crippen molar-refractivity contribution >= 4 is 11.0 Å². The summed E-state index contributed by atoms with van der Waals surface area (Å²) in [5, 5.41) is 10.3. The Morgan fingerprint density at radius 1 is 1.55 bits per heavy atom. The fourth-order valence-electron chi connectivity index (χ4n) is 1.21. The monoisotopic (exact) mass is 149 g/mol. The van der Waals surface area contributed by atoms with Crippen LogP contribution in [0.2, 0.25) is 0 Å². The van der Waals surface area contributed by atoms with Gasteiger partial charge in [-0.15, -0.1) is 0 Å². The van der Waals surface area contributed by atoms with Gasteiger partial charge in [-0.05, 0) is 19.1 Å². The molecule has 11 heavy (non-hydrogen) atoms. The lowest BCUT2D eigenvalue weighted by Crippen LogP contribution is -2.29. The van der Waals surface area contributed by atoms with E-state index in [9.17, 15) is 5.21 Å². The average Bonchev–Trinajstić information content (AvgIpc) is 2.35. The lowest BCUT2D eigenvalue weighted by Gasteiger charge is -1.88. The zero-order chi connectivity index (χ0) is 7.84. The molecular formula is C8H9N2O+. The van der Waals surface area contributed by atoms with E-state index in [0.717, 1.165) is 21.3 Å². The summed E-state index contributed by atoms with van der Waals surface area (Å²) >= 11 is 0. The van der Waals surface area contributed by atoms with Gasteiger partial charge in [-0.3, -0.25) is 0 Å². The van der Waals surface area contributed by atoms with Gasteiger partial charge in [0.2, 0.25) is 0 Å². The van der Waals surface area contributed by atoms with Crippen molar-refractivity contribution in [3.63, 3.8) is 0 Å². The minimum Gasteiger partial charge on any atom is -0.350 e. The zero-order valence-corrected chi connectivity index (χ0v) is 6.20. The first kappa shape index (κ1) is 6.22. The Balaban J connectivity index is 2.94. The largest absolute Gasteiger partial charge is 0.350 e. The van der Waals surface area contributed by atoms with E-state index in [1.165, 1.54) is 0 Å². The number of H-pyrrole nitrogens is 1. The van der Waals surface area contributed by atoms with Gasteiger partial charge in [-0.2, -0.15) is 0 Å². The molecule has 0 radical (unpaired) electrons. The summed E-state index contributed by atoms with van der Waals surface area (Å²) < 4.78 is 1.09. The molecule has 0 amide bonds. The van der Waals surface area contributed by atoms with E-state index in [0.29, 0.717) is 0 Å². The predicted octanol–water partition coefficient (Wildman–Crippen LogP) is 1.00. The predicted molar refractivity (Wildman–Crippen MR) is 40.4 cm³/mol. The smallest absolute Gasteiger partial charge is 0.326 e. The van der Waals surface area contributed by atoms with Crippen LogP contribution in [0, 0.1) is 6.92 Å². The molecule has 0 unspecified atom stereocenters. The third-order valence-electron chi connectivity index (χ3n) is 1.82. The van der Waals surface area contributed by atoms with Gasteiger partial charge < -0.3 is 5.21 Å². The highest BCUT2D eigenvalue weighted by Crippen LogP contribution is 2.11. The van der Waals surface area contributed by atoms with Crippen molar-refractivity contribution < 1.29 is 9.94 Å². The summed E-state index contributed by atoms with van der Waals surface area (Å²) in [6.45, 7) is 2.00. The molecule has 0 aliphatic carbocycles. The van der Waals surface area contributed by atoms with Crippen molar-refractivity contribution in [1.82, 2.24) is 4.98 Å². The van der Waals surface area contributed by atoms with Crippen LogP contribution in [0.15, 0.2) is 24.5 Å². The van der Waals surface area contributed by atoms with Crippen LogP contribution in [0.4, 0.5) is 0 Å². The second kappa shape index (κ2) is 1.99. The van der Waals surface area contributed by atoms with Gasteiger partial charge in [0, 0.05) is 5.56 Å². The number of nitrogens with zero attached hydrogens (tertiary/aromatic N) is 1. The van der Waals surface area contributed by atoms with Crippen LogP contribution in [0.5, 0.6) is 0 Å². The SMILES string of the molecule is Cc1c[nH]c2c1ccc[n+]2O. The lowest BCUT2D eigenvalue weighted by atomic mass is 10.2. The fraction of sp³-hybridized carbons (Fsp3) is 0.125. The number of fused-ring (bicyclic) bond motifs is 1. The van der Waals surface area contributed by atoms with E-state index >= 15 is 0 Å². The molecule has 0 aliphatic heterocycles. The van der Waals surface area contributed by atoms with Gasteiger partial charge in [-0.25, -0.2) is 4.98 Å². The van der Waals surface area contributed by atoms with E-state index in [2.05, 4.69) is 4.98 Å². The second-order valence-electron chi connectivity index (χ2n) is 2.59. The molecular weight excluding hydrogens is 140 g/mol. The first-order valence-corrected chi connectivity index (χ1v) is 3.46. The maximum atomic E-state index is 9.27. The molecule has 0 saturated carbocycles. The van der Waals surface area contributed by atoms with Crippen molar-refractivity contribution in [2.24, 2.45) is 0 Å². The highest BCUT2D eigenvalue weighted by Gasteiger charge is 2.08. The summed E-state index contributed by atoms with van der Waals surface area (Å²) in [5.74, 6) is 0. The molecule has 3 nitrogen and oxygen atoms in total. The molecule has 2 aromatic rings. The fourth-order valence-corrected chi connectivity index (χ4v) is 1.21. The van der Waals surface area contributed by atoms with Crippen LogP contribution in [0.3, 0.4) is 0 Å². The normalized spacial score (nSPS) is 10.6. The maximum Gasteiger partial charge on any atom is 0.326 e. The molecule has 2 heterocycles. The highest BCUT2D eigenvalue weighted by molar-refractivity contribution is 5.76. The summed E-state index contributed by atoms with van der Waals surface area (Å²) in [4.78, 5) is 2.97. The Kier molecular flexibility index (Phi) is 1.12. The Morgan fingerprint density at radius 3 is 3.09 bits per heavy atom. The highest BCUT2D eigenvalue weighted by atomic mass is 16.5. The molecule has 3 heteroatoms. The van der Waals surface area contributed by atoms with Crippen molar-refractivity contribution in [2.45, 2.75) is 6.92 Å². The number of hydrogen-bond donors (Lipinski definition) is 2. The summed E-state index contributed by atoms with van der Waals surface area (Å²) in [5.41, 5.74) is 1.88. The number of aromatic amines is 1. The first-order chi connectivity index (χ1) is 5.29. The van der Waals surface area contributed by atoms with E-state index in [1.54, 1.807) is 6.20 Å².